The number of aromatic hydroxyl groups is 1. The number of benzene rings is 1. The SMILES string of the molecule is C[C@H]1CCCCC1n1c(=O)[nH]c2cccc(O)c21. The van der Waals surface area contributed by atoms with E-state index in [1.54, 1.807) is 16.7 Å². The standard InChI is InChI=1S/C14H18N2O2/c1-9-5-2-3-7-11(9)16-13-10(15-14(16)18)6-4-8-12(13)17/h4,6,8-9,11,17H,2-3,5,7H2,1H3,(H,15,18)/t9-,11?/m0/s1. The molecule has 4 heteroatoms. The molecule has 2 aromatic rings. The van der Waals surface area contributed by atoms with E-state index in [2.05, 4.69) is 11.9 Å². The predicted molar refractivity (Wildman–Crippen MR) is 70.9 cm³/mol. The van der Waals surface area contributed by atoms with Crippen molar-refractivity contribution in [3.05, 3.63) is 28.7 Å². The molecule has 0 amide bonds. The summed E-state index contributed by atoms with van der Waals surface area (Å²) in [6, 6.07) is 5.43. The van der Waals surface area contributed by atoms with E-state index in [1.165, 1.54) is 6.42 Å². The second-order valence-electron chi connectivity index (χ2n) is 5.30. The average Bonchev–Trinajstić information content (AvgIpc) is 2.68. The number of para-hydroxylation sites is 1. The van der Waals surface area contributed by atoms with Crippen molar-refractivity contribution in [2.75, 3.05) is 0 Å². The van der Waals surface area contributed by atoms with Gasteiger partial charge in [0.2, 0.25) is 0 Å². The number of hydrogen-bond donors (Lipinski definition) is 2. The number of rotatable bonds is 1. The number of nitrogens with one attached hydrogen (secondary N) is 1. The highest BCUT2D eigenvalue weighted by Crippen LogP contribution is 2.36. The van der Waals surface area contributed by atoms with Crippen LogP contribution >= 0.6 is 0 Å². The van der Waals surface area contributed by atoms with Gasteiger partial charge in [-0.15, -0.1) is 0 Å². The topological polar surface area (TPSA) is 58.0 Å². The van der Waals surface area contributed by atoms with Gasteiger partial charge in [-0.1, -0.05) is 25.8 Å². The number of aromatic nitrogens is 2. The molecule has 3 rings (SSSR count). The molecular weight excluding hydrogens is 228 g/mol. The zero-order valence-electron chi connectivity index (χ0n) is 10.5. The largest absolute Gasteiger partial charge is 0.506 e. The summed E-state index contributed by atoms with van der Waals surface area (Å²) < 4.78 is 1.76. The van der Waals surface area contributed by atoms with Crippen LogP contribution in [0.15, 0.2) is 23.0 Å². The van der Waals surface area contributed by atoms with Gasteiger partial charge in [-0.3, -0.25) is 4.57 Å². The molecule has 1 aromatic carbocycles. The van der Waals surface area contributed by atoms with E-state index in [0.29, 0.717) is 11.4 Å². The van der Waals surface area contributed by atoms with Crippen LogP contribution < -0.4 is 5.69 Å². The Bertz CT molecular complexity index is 626. The van der Waals surface area contributed by atoms with E-state index in [-0.39, 0.29) is 17.5 Å². The third-order valence-electron chi connectivity index (χ3n) is 4.11. The van der Waals surface area contributed by atoms with Gasteiger partial charge in [0.05, 0.1) is 5.52 Å². The molecule has 0 aliphatic heterocycles. The second kappa shape index (κ2) is 4.19. The molecule has 0 saturated heterocycles. The lowest BCUT2D eigenvalue weighted by atomic mass is 9.85. The van der Waals surface area contributed by atoms with Crippen LogP contribution in [0.4, 0.5) is 0 Å². The van der Waals surface area contributed by atoms with Crippen molar-refractivity contribution >= 4 is 11.0 Å². The summed E-state index contributed by atoms with van der Waals surface area (Å²) in [4.78, 5) is 15.0. The second-order valence-corrected chi connectivity index (χ2v) is 5.30. The van der Waals surface area contributed by atoms with E-state index in [1.807, 2.05) is 6.07 Å². The number of phenols is 1. The molecule has 1 aromatic heterocycles. The van der Waals surface area contributed by atoms with Crippen molar-refractivity contribution in [3.63, 3.8) is 0 Å². The van der Waals surface area contributed by atoms with Gasteiger partial charge in [0.1, 0.15) is 11.3 Å². The number of H-pyrrole nitrogens is 1. The smallest absolute Gasteiger partial charge is 0.326 e. The first kappa shape index (κ1) is 11.4. The fraction of sp³-hybridized carbons (Fsp3) is 0.500. The number of aromatic amines is 1. The van der Waals surface area contributed by atoms with Crippen LogP contribution in [-0.2, 0) is 0 Å². The third kappa shape index (κ3) is 1.64. The summed E-state index contributed by atoms with van der Waals surface area (Å²) in [7, 11) is 0. The lowest BCUT2D eigenvalue weighted by molar-refractivity contribution is 0.257. The maximum atomic E-state index is 12.1. The molecule has 2 N–H and O–H groups in total. The van der Waals surface area contributed by atoms with Gasteiger partial charge in [-0.2, -0.15) is 0 Å². The molecule has 1 saturated carbocycles. The number of nitrogens with zero attached hydrogens (tertiary/aromatic N) is 1. The van der Waals surface area contributed by atoms with E-state index in [9.17, 15) is 9.90 Å². The summed E-state index contributed by atoms with van der Waals surface area (Å²) in [5.41, 5.74) is 1.27. The number of fused-ring (bicyclic) bond motifs is 1. The molecule has 0 bridgehead atoms. The first-order valence-electron chi connectivity index (χ1n) is 6.60. The Morgan fingerprint density at radius 1 is 1.33 bits per heavy atom. The molecule has 1 unspecified atom stereocenters. The normalized spacial score (nSPS) is 24.5. The monoisotopic (exact) mass is 246 g/mol. The van der Waals surface area contributed by atoms with Gasteiger partial charge >= 0.3 is 5.69 Å². The van der Waals surface area contributed by atoms with Crippen LogP contribution in [0.25, 0.3) is 11.0 Å². The molecule has 1 aliphatic carbocycles. The minimum atomic E-state index is -0.106. The average molecular weight is 246 g/mol. The summed E-state index contributed by atoms with van der Waals surface area (Å²) >= 11 is 0. The fourth-order valence-electron chi connectivity index (χ4n) is 3.16. The molecule has 96 valence electrons. The molecule has 1 aliphatic rings. The van der Waals surface area contributed by atoms with Gasteiger partial charge in [0, 0.05) is 6.04 Å². The Balaban J connectivity index is 2.21. The summed E-state index contributed by atoms with van der Waals surface area (Å²) in [6.07, 6.45) is 4.56. The highest BCUT2D eigenvalue weighted by molar-refractivity contribution is 5.81. The zero-order valence-corrected chi connectivity index (χ0v) is 10.5. The van der Waals surface area contributed by atoms with Gasteiger partial charge in [-0.05, 0) is 30.9 Å². The maximum absolute atomic E-state index is 12.1. The Hall–Kier alpha value is -1.71. The summed E-state index contributed by atoms with van der Waals surface area (Å²) in [5, 5.41) is 10.0. The van der Waals surface area contributed by atoms with Crippen molar-refractivity contribution in [1.82, 2.24) is 9.55 Å². The minimum absolute atomic E-state index is 0.106. The Morgan fingerprint density at radius 3 is 2.89 bits per heavy atom. The number of phenolic OH excluding ortho intramolecular Hbond substituents is 1. The predicted octanol–water partition coefficient (Wildman–Crippen LogP) is 2.79. The van der Waals surface area contributed by atoms with E-state index < -0.39 is 0 Å². The summed E-state index contributed by atoms with van der Waals surface area (Å²) in [5.74, 6) is 0.665. The minimum Gasteiger partial charge on any atom is -0.506 e. The maximum Gasteiger partial charge on any atom is 0.326 e. The summed E-state index contributed by atoms with van der Waals surface area (Å²) in [6.45, 7) is 2.19. The Labute approximate surface area is 105 Å². The number of hydrogen-bond acceptors (Lipinski definition) is 2. The Morgan fingerprint density at radius 2 is 2.11 bits per heavy atom. The van der Waals surface area contributed by atoms with Crippen LogP contribution in [0.5, 0.6) is 5.75 Å². The molecular formula is C14H18N2O2. The van der Waals surface area contributed by atoms with Crippen LogP contribution in [0.3, 0.4) is 0 Å². The van der Waals surface area contributed by atoms with Gasteiger partial charge in [-0.25, -0.2) is 4.79 Å². The molecule has 4 nitrogen and oxygen atoms in total. The van der Waals surface area contributed by atoms with Gasteiger partial charge in [0.25, 0.3) is 0 Å². The van der Waals surface area contributed by atoms with Crippen molar-refractivity contribution in [3.8, 4) is 5.75 Å². The van der Waals surface area contributed by atoms with Crippen LogP contribution in [0.2, 0.25) is 0 Å². The van der Waals surface area contributed by atoms with Gasteiger partial charge in [0.15, 0.2) is 0 Å². The van der Waals surface area contributed by atoms with Crippen molar-refractivity contribution in [2.45, 2.75) is 38.6 Å². The molecule has 18 heavy (non-hydrogen) atoms. The Kier molecular flexibility index (Phi) is 2.65. The highest BCUT2D eigenvalue weighted by Gasteiger charge is 2.26. The van der Waals surface area contributed by atoms with Crippen LogP contribution in [0.1, 0.15) is 38.6 Å². The number of imidazole rings is 1. The van der Waals surface area contributed by atoms with Crippen LogP contribution in [-0.4, -0.2) is 14.7 Å². The van der Waals surface area contributed by atoms with E-state index in [4.69, 9.17) is 0 Å². The highest BCUT2D eigenvalue weighted by atomic mass is 16.3. The lowest BCUT2D eigenvalue weighted by Gasteiger charge is -2.29. The molecule has 2 atom stereocenters. The quantitative estimate of drug-likeness (QED) is 0.812. The lowest BCUT2D eigenvalue weighted by Crippen LogP contribution is -2.28. The molecule has 1 fully saturated rings. The third-order valence-corrected chi connectivity index (χ3v) is 4.11. The molecule has 0 radical (unpaired) electrons. The van der Waals surface area contributed by atoms with Crippen molar-refractivity contribution < 1.29 is 5.11 Å². The van der Waals surface area contributed by atoms with Crippen molar-refractivity contribution in [2.24, 2.45) is 5.92 Å². The fourth-order valence-corrected chi connectivity index (χ4v) is 3.16. The van der Waals surface area contributed by atoms with E-state index >= 15 is 0 Å². The first-order chi connectivity index (χ1) is 8.68. The first-order valence-corrected chi connectivity index (χ1v) is 6.60. The van der Waals surface area contributed by atoms with Crippen LogP contribution in [0, 0.1) is 5.92 Å². The van der Waals surface area contributed by atoms with E-state index in [0.717, 1.165) is 24.8 Å². The molecule has 1 heterocycles. The van der Waals surface area contributed by atoms with Crippen molar-refractivity contribution in [1.29, 1.82) is 0 Å². The molecule has 0 spiro atoms. The van der Waals surface area contributed by atoms with Gasteiger partial charge < -0.3 is 10.1 Å². The zero-order chi connectivity index (χ0) is 12.7.